The first-order valence-electron chi connectivity index (χ1n) is 25.3. The molecule has 1 unspecified atom stereocenters. The van der Waals surface area contributed by atoms with Crippen LogP contribution < -0.4 is 0 Å². The molecule has 0 spiro atoms. The molecule has 0 bridgehead atoms. The van der Waals surface area contributed by atoms with Gasteiger partial charge in [0.2, 0.25) is 0 Å². The van der Waals surface area contributed by atoms with Crippen molar-refractivity contribution in [3.63, 3.8) is 0 Å². The summed E-state index contributed by atoms with van der Waals surface area (Å²) in [7, 11) is 0. The number of allylic oxidation sites excluding steroid dienone is 28. The molecule has 0 saturated carbocycles. The highest BCUT2D eigenvalue weighted by molar-refractivity contribution is 5.71. The summed E-state index contributed by atoms with van der Waals surface area (Å²) in [6.07, 6.45) is 77.6. The number of carbonyl (C=O) groups is 3. The lowest BCUT2D eigenvalue weighted by molar-refractivity contribution is -0.167. The van der Waals surface area contributed by atoms with Gasteiger partial charge in [-0.1, -0.05) is 223 Å². The van der Waals surface area contributed by atoms with E-state index in [9.17, 15) is 14.4 Å². The monoisotopic (exact) mass is 905 g/mol. The summed E-state index contributed by atoms with van der Waals surface area (Å²) in [6.45, 7) is 6.12. The van der Waals surface area contributed by atoms with E-state index in [-0.39, 0.29) is 44.0 Å². The van der Waals surface area contributed by atoms with Gasteiger partial charge in [0.25, 0.3) is 0 Å². The highest BCUT2D eigenvalue weighted by atomic mass is 16.6. The van der Waals surface area contributed by atoms with Gasteiger partial charge in [0.05, 0.1) is 0 Å². The fraction of sp³-hybridized carbons (Fsp3) is 0.483. The minimum Gasteiger partial charge on any atom is -0.462 e. The van der Waals surface area contributed by atoms with Crippen LogP contribution in [0.3, 0.4) is 0 Å². The van der Waals surface area contributed by atoms with Crippen LogP contribution in [-0.4, -0.2) is 37.2 Å². The maximum absolute atomic E-state index is 12.8. The zero-order valence-electron chi connectivity index (χ0n) is 41.4. The van der Waals surface area contributed by atoms with E-state index in [1.807, 2.05) is 79.0 Å². The maximum atomic E-state index is 12.8. The predicted molar refractivity (Wildman–Crippen MR) is 283 cm³/mol. The quantitative estimate of drug-likeness (QED) is 0.0200. The van der Waals surface area contributed by atoms with Gasteiger partial charge in [-0.05, 0) is 96.3 Å². The van der Waals surface area contributed by atoms with Gasteiger partial charge in [-0.15, -0.1) is 0 Å². The van der Waals surface area contributed by atoms with E-state index >= 15 is 0 Å². The molecular weight excluding hydrogens is 817 g/mol. The molecule has 6 heteroatoms. The van der Waals surface area contributed by atoms with E-state index in [0.29, 0.717) is 19.3 Å². The molecule has 0 amide bonds. The first-order chi connectivity index (χ1) is 32.5. The SMILES string of the molecule is CC/C=C/C=C/C=C/C=C/C=C/C=C/C=C/CCCCCC(=O)OCC(COC(=O)CCCCCCC/C=C/C=C/C=C/CC)OC(=O)CCCCC/C=C/C/C=C/C/C=C/C/C=C/CC. The van der Waals surface area contributed by atoms with Gasteiger partial charge in [-0.3, -0.25) is 14.4 Å². The summed E-state index contributed by atoms with van der Waals surface area (Å²) in [5, 5.41) is 0. The molecule has 0 rings (SSSR count). The van der Waals surface area contributed by atoms with Gasteiger partial charge in [0.1, 0.15) is 13.2 Å². The molecule has 0 saturated heterocycles. The summed E-state index contributed by atoms with van der Waals surface area (Å²) in [4.78, 5) is 38.0. The zero-order chi connectivity index (χ0) is 47.9. The lowest BCUT2D eigenvalue weighted by Crippen LogP contribution is -2.30. The Hall–Kier alpha value is -5.23. The van der Waals surface area contributed by atoms with Crippen molar-refractivity contribution in [2.75, 3.05) is 13.2 Å². The molecule has 0 aromatic heterocycles. The summed E-state index contributed by atoms with van der Waals surface area (Å²) in [6, 6.07) is 0. The third kappa shape index (κ3) is 49.8. The number of esters is 3. The summed E-state index contributed by atoms with van der Waals surface area (Å²) < 4.78 is 16.7. The predicted octanol–water partition coefficient (Wildman–Crippen LogP) is 16.8. The topological polar surface area (TPSA) is 78.9 Å². The van der Waals surface area contributed by atoms with Crippen LogP contribution >= 0.6 is 0 Å². The lowest BCUT2D eigenvalue weighted by atomic mass is 10.1. The lowest BCUT2D eigenvalue weighted by Gasteiger charge is -2.18. The average molecular weight is 905 g/mol. The van der Waals surface area contributed by atoms with Gasteiger partial charge < -0.3 is 14.2 Å². The van der Waals surface area contributed by atoms with Crippen LogP contribution in [0.4, 0.5) is 0 Å². The van der Waals surface area contributed by atoms with E-state index in [1.54, 1.807) is 0 Å². The maximum Gasteiger partial charge on any atom is 0.306 e. The van der Waals surface area contributed by atoms with Crippen LogP contribution in [0.1, 0.15) is 168 Å². The molecule has 0 aromatic carbocycles. The number of carbonyl (C=O) groups excluding carboxylic acids is 3. The highest BCUT2D eigenvalue weighted by Crippen LogP contribution is 2.11. The zero-order valence-corrected chi connectivity index (χ0v) is 41.4. The standard InChI is InChI=1S/C60H88O6/c1-4-7-10-13-16-19-22-25-27-29-30-31-33-35-38-41-44-47-50-53-59(62)65-56-57(55-64-58(61)52-49-46-43-40-37-34-24-21-18-15-12-9-6-3)66-60(63)54-51-48-45-42-39-36-32-28-26-23-20-17-14-11-8-5-2/h7-13,15-22,24-31,33,35-36,38-39,57H,4-6,14,23,32,34,37,40-56H2,1-3H3/b10-7+,11-8+,12-9+,16-13+,18-15+,20-17+,22-19+,24-21+,27-25+,28-26+,30-29+,33-31+,38-35+,39-36+. The first-order valence-corrected chi connectivity index (χ1v) is 25.3. The summed E-state index contributed by atoms with van der Waals surface area (Å²) in [5.74, 6) is -1.04. The van der Waals surface area contributed by atoms with Crippen LogP contribution in [0.25, 0.3) is 0 Å². The normalized spacial score (nSPS) is 13.6. The van der Waals surface area contributed by atoms with Gasteiger partial charge >= 0.3 is 17.9 Å². The van der Waals surface area contributed by atoms with Crippen LogP contribution in [0.15, 0.2) is 170 Å². The molecule has 0 aliphatic carbocycles. The third-order valence-electron chi connectivity index (χ3n) is 9.70. The molecular formula is C60H88O6. The summed E-state index contributed by atoms with van der Waals surface area (Å²) in [5.41, 5.74) is 0. The van der Waals surface area contributed by atoms with Crippen molar-refractivity contribution in [2.24, 2.45) is 0 Å². The van der Waals surface area contributed by atoms with Gasteiger partial charge in [0, 0.05) is 19.3 Å². The molecule has 0 N–H and O–H groups in total. The molecule has 0 aromatic rings. The Morgan fingerprint density at radius 1 is 0.318 bits per heavy atom. The molecule has 66 heavy (non-hydrogen) atoms. The van der Waals surface area contributed by atoms with Crippen molar-refractivity contribution in [2.45, 2.75) is 175 Å². The largest absolute Gasteiger partial charge is 0.462 e. The average Bonchev–Trinajstić information content (AvgIpc) is 3.31. The molecule has 0 aliphatic rings. The Bertz CT molecular complexity index is 1600. The number of unbranched alkanes of at least 4 members (excludes halogenated alkanes) is 11. The Morgan fingerprint density at radius 3 is 1.05 bits per heavy atom. The number of hydrogen-bond acceptors (Lipinski definition) is 6. The molecule has 0 radical (unpaired) electrons. The molecule has 0 heterocycles. The van der Waals surface area contributed by atoms with Crippen LogP contribution in [-0.2, 0) is 28.6 Å². The molecule has 1 atom stereocenters. The first kappa shape index (κ1) is 60.8. The third-order valence-corrected chi connectivity index (χ3v) is 9.70. The van der Waals surface area contributed by atoms with E-state index < -0.39 is 6.10 Å². The van der Waals surface area contributed by atoms with Crippen LogP contribution in [0.5, 0.6) is 0 Å². The highest BCUT2D eigenvalue weighted by Gasteiger charge is 2.19. The van der Waals surface area contributed by atoms with E-state index in [0.717, 1.165) is 116 Å². The van der Waals surface area contributed by atoms with Crippen molar-refractivity contribution in [1.82, 2.24) is 0 Å². The number of rotatable bonds is 42. The van der Waals surface area contributed by atoms with Crippen LogP contribution in [0, 0.1) is 0 Å². The second-order valence-corrected chi connectivity index (χ2v) is 15.8. The fourth-order valence-corrected chi connectivity index (χ4v) is 6.00. The van der Waals surface area contributed by atoms with E-state index in [2.05, 4.69) is 112 Å². The van der Waals surface area contributed by atoms with Crippen LogP contribution in [0.2, 0.25) is 0 Å². The van der Waals surface area contributed by atoms with Gasteiger partial charge in [-0.25, -0.2) is 0 Å². The van der Waals surface area contributed by atoms with E-state index in [1.165, 1.54) is 0 Å². The van der Waals surface area contributed by atoms with Crippen molar-refractivity contribution in [3.8, 4) is 0 Å². The summed E-state index contributed by atoms with van der Waals surface area (Å²) >= 11 is 0. The fourth-order valence-electron chi connectivity index (χ4n) is 6.00. The van der Waals surface area contributed by atoms with Gasteiger partial charge in [-0.2, -0.15) is 0 Å². The second-order valence-electron chi connectivity index (χ2n) is 15.8. The van der Waals surface area contributed by atoms with Crippen molar-refractivity contribution < 1.29 is 28.6 Å². The van der Waals surface area contributed by atoms with Gasteiger partial charge in [0.15, 0.2) is 6.10 Å². The Morgan fingerprint density at radius 2 is 0.621 bits per heavy atom. The van der Waals surface area contributed by atoms with Crippen molar-refractivity contribution in [3.05, 3.63) is 170 Å². The minimum atomic E-state index is -0.832. The Kier molecular flexibility index (Phi) is 48.2. The Balaban J connectivity index is 4.62. The van der Waals surface area contributed by atoms with Crippen molar-refractivity contribution >= 4 is 17.9 Å². The van der Waals surface area contributed by atoms with E-state index in [4.69, 9.17) is 14.2 Å². The molecule has 6 nitrogen and oxygen atoms in total. The minimum absolute atomic E-state index is 0.126. The molecule has 0 aliphatic heterocycles. The molecule has 0 fully saturated rings. The smallest absolute Gasteiger partial charge is 0.306 e. The number of ether oxygens (including phenoxy) is 3. The van der Waals surface area contributed by atoms with Crippen molar-refractivity contribution in [1.29, 1.82) is 0 Å². The Labute approximate surface area is 402 Å². The number of hydrogen-bond donors (Lipinski definition) is 0. The molecule has 364 valence electrons. The second kappa shape index (κ2) is 52.4.